The predicted octanol–water partition coefficient (Wildman–Crippen LogP) is -0.663. The lowest BCUT2D eigenvalue weighted by molar-refractivity contribution is -0.197. The summed E-state index contributed by atoms with van der Waals surface area (Å²) in [7, 11) is 3.58. The van der Waals surface area contributed by atoms with Gasteiger partial charge in [-0.05, 0) is 33.4 Å². The molecule has 1 unspecified atom stereocenters. The Bertz CT molecular complexity index is 562. The first kappa shape index (κ1) is 22.6. The molecule has 1 atom stereocenters. The summed E-state index contributed by atoms with van der Waals surface area (Å²) in [5.74, 6) is -2.13. The van der Waals surface area contributed by atoms with E-state index in [-0.39, 0.29) is 43.7 Å². The van der Waals surface area contributed by atoms with Crippen LogP contribution in [0.25, 0.3) is 0 Å². The number of hydrogen-bond donors (Lipinski definition) is 2. The van der Waals surface area contributed by atoms with Crippen LogP contribution in [0.15, 0.2) is 0 Å². The summed E-state index contributed by atoms with van der Waals surface area (Å²) in [5.41, 5.74) is 0. The second-order valence-corrected chi connectivity index (χ2v) is 6.54. The van der Waals surface area contributed by atoms with Crippen molar-refractivity contribution >= 4 is 29.6 Å². The molecule has 1 aliphatic heterocycles. The highest BCUT2D eigenvalue weighted by Crippen LogP contribution is 2.12. The lowest BCUT2D eigenvalue weighted by Gasteiger charge is -2.23. The maximum absolute atomic E-state index is 12.3. The first-order valence-corrected chi connectivity index (χ1v) is 8.97. The van der Waals surface area contributed by atoms with Crippen molar-refractivity contribution in [3.05, 3.63) is 0 Å². The summed E-state index contributed by atoms with van der Waals surface area (Å²) in [6.07, 6.45) is 2.06. The van der Waals surface area contributed by atoms with Gasteiger partial charge < -0.3 is 15.5 Å². The molecule has 0 aromatic heterocycles. The van der Waals surface area contributed by atoms with Crippen LogP contribution < -0.4 is 10.6 Å². The molecule has 0 radical (unpaired) electrons. The Balaban J connectivity index is 2.30. The lowest BCUT2D eigenvalue weighted by Crippen LogP contribution is -2.44. The minimum atomic E-state index is -0.754. The Morgan fingerprint density at radius 1 is 1.07 bits per heavy atom. The van der Waals surface area contributed by atoms with Gasteiger partial charge in [0.15, 0.2) is 0 Å². The Labute approximate surface area is 158 Å². The normalized spacial score (nSPS) is 15.0. The fraction of sp³-hybridized carbons (Fsp3) is 0.706. The molecule has 152 valence electrons. The van der Waals surface area contributed by atoms with Crippen molar-refractivity contribution < 1.29 is 28.8 Å². The van der Waals surface area contributed by atoms with E-state index in [0.29, 0.717) is 18.0 Å². The number of hydroxylamine groups is 2. The fourth-order valence-corrected chi connectivity index (χ4v) is 2.56. The number of imide groups is 1. The number of nitrogens with zero attached hydrogens (tertiary/aromatic N) is 2. The van der Waals surface area contributed by atoms with Crippen molar-refractivity contribution in [2.45, 2.75) is 51.5 Å². The summed E-state index contributed by atoms with van der Waals surface area (Å²) < 4.78 is 0. The van der Waals surface area contributed by atoms with Crippen molar-refractivity contribution in [2.75, 3.05) is 27.2 Å². The van der Waals surface area contributed by atoms with E-state index < -0.39 is 17.8 Å². The summed E-state index contributed by atoms with van der Waals surface area (Å²) in [4.78, 5) is 64.1. The van der Waals surface area contributed by atoms with Crippen LogP contribution in [0.1, 0.15) is 45.4 Å². The standard InChI is InChI=1S/C17H28N4O6/c1-12(22)18-10-5-4-6-13(20(2)3)17(26)19-11-9-16(25)27-21-14(23)7-8-15(21)24/h13H,4-11H2,1-3H3,(H,18,22)(H,19,26)/i9+1,11+1,16+1,19+1. The SMILES string of the molecule is CC(=O)NCCCCC(C(=O)[15NH][13CH2][13CH2][13C](=O)ON1C(=O)CCC1=O)N(C)C. The monoisotopic (exact) mass is 388 g/mol. The third kappa shape index (κ3) is 8.16. The van der Waals surface area contributed by atoms with Gasteiger partial charge in [-0.3, -0.25) is 24.1 Å². The molecule has 10 nitrogen and oxygen atoms in total. The number of carbonyl (C=O) groups excluding carboxylic acids is 5. The quantitative estimate of drug-likeness (QED) is 0.208. The van der Waals surface area contributed by atoms with E-state index in [2.05, 4.69) is 10.6 Å². The third-order valence-electron chi connectivity index (χ3n) is 4.03. The average molecular weight is 388 g/mol. The van der Waals surface area contributed by atoms with Crippen molar-refractivity contribution in [1.29, 1.82) is 0 Å². The van der Waals surface area contributed by atoms with E-state index in [9.17, 15) is 24.0 Å². The largest absolute Gasteiger partial charge is 0.356 e. The highest BCUT2D eigenvalue weighted by atomic mass is 16.8. The van der Waals surface area contributed by atoms with Crippen LogP contribution in [0, 0.1) is 0 Å². The predicted molar refractivity (Wildman–Crippen MR) is 94.8 cm³/mol. The van der Waals surface area contributed by atoms with Crippen LogP contribution in [0.5, 0.6) is 0 Å². The van der Waals surface area contributed by atoms with Crippen LogP contribution in [0.4, 0.5) is 0 Å². The third-order valence-corrected chi connectivity index (χ3v) is 4.03. The van der Waals surface area contributed by atoms with Gasteiger partial charge in [0.2, 0.25) is 11.8 Å². The topological polar surface area (TPSA) is 125 Å². The number of carbonyl (C=O) groups is 5. The Morgan fingerprint density at radius 3 is 2.26 bits per heavy atom. The summed E-state index contributed by atoms with van der Waals surface area (Å²) in [5, 5.41) is 5.85. The van der Waals surface area contributed by atoms with Gasteiger partial charge in [-0.1, -0.05) is 0 Å². The summed E-state index contributed by atoms with van der Waals surface area (Å²) in [6.45, 7) is 2.07. The van der Waals surface area contributed by atoms with E-state index in [4.69, 9.17) is 4.84 Å². The van der Waals surface area contributed by atoms with Crippen molar-refractivity contribution in [3.63, 3.8) is 0 Å². The first-order chi connectivity index (χ1) is 12.7. The summed E-state index contributed by atoms with van der Waals surface area (Å²) >= 11 is 0. The lowest BCUT2D eigenvalue weighted by atomic mass is 10.1. The fourth-order valence-electron chi connectivity index (χ4n) is 2.56. The van der Waals surface area contributed by atoms with E-state index in [1.165, 1.54) is 6.92 Å². The molecule has 1 rings (SSSR count). The maximum Gasteiger partial charge on any atom is 0.334 e. The van der Waals surface area contributed by atoms with Gasteiger partial charge in [0.25, 0.3) is 11.8 Å². The minimum absolute atomic E-state index is 0.0370. The number of likely N-dealkylation sites (N-methyl/N-ethyl adjacent to an activating group) is 1. The molecule has 0 aromatic rings. The molecule has 4 amide bonds. The van der Waals surface area contributed by atoms with Gasteiger partial charge >= 0.3 is 5.97 Å². The smallest absolute Gasteiger partial charge is 0.334 e. The zero-order chi connectivity index (χ0) is 20.4. The molecule has 0 aliphatic carbocycles. The molecule has 0 bridgehead atoms. The molecular weight excluding hydrogens is 360 g/mol. The molecule has 0 saturated carbocycles. The maximum atomic E-state index is 12.3. The zero-order valence-electron chi connectivity index (χ0n) is 16.1. The first-order valence-electron chi connectivity index (χ1n) is 8.97. The molecule has 27 heavy (non-hydrogen) atoms. The Kier molecular flexibility index (Phi) is 9.41. The van der Waals surface area contributed by atoms with E-state index >= 15 is 0 Å². The van der Waals surface area contributed by atoms with Gasteiger partial charge in [-0.25, -0.2) is 4.79 Å². The van der Waals surface area contributed by atoms with E-state index in [1.54, 1.807) is 19.0 Å². The van der Waals surface area contributed by atoms with Gasteiger partial charge in [-0.2, -0.15) is 0 Å². The Morgan fingerprint density at radius 2 is 1.70 bits per heavy atom. The van der Waals surface area contributed by atoms with Gasteiger partial charge in [0, 0.05) is 32.9 Å². The zero-order valence-corrected chi connectivity index (χ0v) is 16.1. The van der Waals surface area contributed by atoms with Gasteiger partial charge in [0.1, 0.15) is 0 Å². The van der Waals surface area contributed by atoms with Crippen molar-refractivity contribution in [1.82, 2.24) is 20.6 Å². The van der Waals surface area contributed by atoms with Crippen molar-refractivity contribution in [3.8, 4) is 0 Å². The average Bonchev–Trinajstić information content (AvgIpc) is 2.89. The number of amides is 4. The van der Waals surface area contributed by atoms with Crippen LogP contribution in [0.2, 0.25) is 0 Å². The van der Waals surface area contributed by atoms with Gasteiger partial charge in [0.05, 0.1) is 12.5 Å². The highest BCUT2D eigenvalue weighted by Gasteiger charge is 2.32. The van der Waals surface area contributed by atoms with E-state index in [1.807, 2.05) is 0 Å². The van der Waals surface area contributed by atoms with Crippen LogP contribution in [0.3, 0.4) is 0 Å². The molecule has 0 spiro atoms. The molecule has 1 aliphatic rings. The highest BCUT2D eigenvalue weighted by molar-refractivity contribution is 6.01. The second kappa shape index (κ2) is 11.3. The van der Waals surface area contributed by atoms with Crippen molar-refractivity contribution in [2.24, 2.45) is 0 Å². The molecule has 10 heteroatoms. The molecular formula is C17H28N4O6. The molecule has 1 saturated heterocycles. The summed E-state index contributed by atoms with van der Waals surface area (Å²) in [6, 6.07) is -0.361. The molecule has 1 fully saturated rings. The van der Waals surface area contributed by atoms with Crippen LogP contribution in [-0.4, -0.2) is 72.8 Å². The van der Waals surface area contributed by atoms with Crippen LogP contribution >= 0.6 is 0 Å². The number of nitrogens with one attached hydrogen (secondary N) is 2. The minimum Gasteiger partial charge on any atom is -0.356 e. The second-order valence-electron chi connectivity index (χ2n) is 6.54. The number of hydrogen-bond acceptors (Lipinski definition) is 7. The van der Waals surface area contributed by atoms with E-state index in [0.717, 1.165) is 12.8 Å². The van der Waals surface area contributed by atoms with Crippen LogP contribution in [-0.2, 0) is 28.8 Å². The molecule has 1 heterocycles. The Hall–Kier alpha value is -2.49. The molecule has 0 aromatic carbocycles. The number of unbranched alkanes of at least 4 members (excludes halogenated alkanes) is 1. The number of rotatable bonds is 11. The molecule has 2 N–H and O–H groups in total. The van der Waals surface area contributed by atoms with Gasteiger partial charge in [-0.15, -0.1) is 5.06 Å².